The molecule has 1 saturated heterocycles. The molecule has 1 aliphatic rings. The zero-order valence-corrected chi connectivity index (χ0v) is 12.7. The van der Waals surface area contributed by atoms with E-state index in [-0.39, 0.29) is 5.82 Å². The molecule has 2 atom stereocenters. The summed E-state index contributed by atoms with van der Waals surface area (Å²) in [6, 6.07) is 8.15. The van der Waals surface area contributed by atoms with E-state index in [4.69, 9.17) is 0 Å². The van der Waals surface area contributed by atoms with Gasteiger partial charge in [0.05, 0.1) is 0 Å². The van der Waals surface area contributed by atoms with Crippen molar-refractivity contribution >= 4 is 0 Å². The Labute approximate surface area is 122 Å². The summed E-state index contributed by atoms with van der Waals surface area (Å²) >= 11 is 0. The molecular weight excluding hydrogens is 251 g/mol. The summed E-state index contributed by atoms with van der Waals surface area (Å²) in [5.41, 5.74) is 0.838. The third kappa shape index (κ3) is 4.03. The fraction of sp³-hybridized carbons (Fsp3) is 0.647. The quantitative estimate of drug-likeness (QED) is 0.859. The van der Waals surface area contributed by atoms with E-state index < -0.39 is 0 Å². The van der Waals surface area contributed by atoms with E-state index >= 15 is 0 Å². The van der Waals surface area contributed by atoms with Gasteiger partial charge >= 0.3 is 0 Å². The maximum Gasteiger partial charge on any atom is 0.126 e. The maximum absolute atomic E-state index is 13.8. The van der Waals surface area contributed by atoms with Crippen LogP contribution in [-0.4, -0.2) is 36.6 Å². The van der Waals surface area contributed by atoms with Gasteiger partial charge in [0.15, 0.2) is 0 Å². The molecule has 0 spiro atoms. The first kappa shape index (κ1) is 15.5. The molecule has 112 valence electrons. The molecule has 1 aliphatic heterocycles. The van der Waals surface area contributed by atoms with Crippen LogP contribution in [0.5, 0.6) is 0 Å². The number of halogens is 1. The number of hydrogen-bond donors (Lipinski definition) is 1. The van der Waals surface area contributed by atoms with Crippen LogP contribution in [-0.2, 0) is 6.42 Å². The van der Waals surface area contributed by atoms with Crippen molar-refractivity contribution in [2.45, 2.75) is 51.6 Å². The van der Waals surface area contributed by atoms with Crippen molar-refractivity contribution in [2.24, 2.45) is 0 Å². The Balaban J connectivity index is 2.02. The minimum Gasteiger partial charge on any atom is -0.315 e. The van der Waals surface area contributed by atoms with Crippen LogP contribution >= 0.6 is 0 Å². The smallest absolute Gasteiger partial charge is 0.126 e. The molecule has 1 fully saturated rings. The highest BCUT2D eigenvalue weighted by molar-refractivity contribution is 5.18. The van der Waals surface area contributed by atoms with Crippen LogP contribution in [0.3, 0.4) is 0 Å². The second-order valence-electron chi connectivity index (χ2n) is 5.88. The molecule has 0 aromatic heterocycles. The molecule has 1 N–H and O–H groups in total. The fourth-order valence-corrected chi connectivity index (χ4v) is 3.24. The highest BCUT2D eigenvalue weighted by Gasteiger charge is 2.25. The zero-order valence-electron chi connectivity index (χ0n) is 12.7. The molecule has 1 aromatic carbocycles. The van der Waals surface area contributed by atoms with Crippen molar-refractivity contribution in [1.82, 2.24) is 10.2 Å². The van der Waals surface area contributed by atoms with E-state index in [1.165, 1.54) is 12.8 Å². The highest BCUT2D eigenvalue weighted by Crippen LogP contribution is 2.18. The van der Waals surface area contributed by atoms with Gasteiger partial charge in [-0.3, -0.25) is 4.90 Å². The van der Waals surface area contributed by atoms with Crippen molar-refractivity contribution < 1.29 is 4.39 Å². The van der Waals surface area contributed by atoms with Crippen molar-refractivity contribution in [1.29, 1.82) is 0 Å². The third-order valence-corrected chi connectivity index (χ3v) is 4.26. The monoisotopic (exact) mass is 278 g/mol. The molecular formula is C17H27FN2. The third-order valence-electron chi connectivity index (χ3n) is 4.26. The number of nitrogens with one attached hydrogen (secondary N) is 1. The minimum absolute atomic E-state index is 0.0717. The van der Waals surface area contributed by atoms with Gasteiger partial charge in [0.1, 0.15) is 5.82 Å². The first-order valence-corrected chi connectivity index (χ1v) is 7.92. The number of hydrogen-bond acceptors (Lipinski definition) is 2. The van der Waals surface area contributed by atoms with Crippen LogP contribution in [0, 0.1) is 5.82 Å². The standard InChI is InChI=1S/C17H27FN2/c1-3-11-20(16-8-6-10-19-13-16)14(2)12-15-7-4-5-9-17(15)18/h4-5,7,9,14,16,19H,3,6,8,10-13H2,1-2H3. The summed E-state index contributed by atoms with van der Waals surface area (Å²) in [4.78, 5) is 2.57. The van der Waals surface area contributed by atoms with Crippen LogP contribution in [0.15, 0.2) is 24.3 Å². The molecule has 2 rings (SSSR count). The van der Waals surface area contributed by atoms with E-state index in [1.807, 2.05) is 12.1 Å². The van der Waals surface area contributed by atoms with Gasteiger partial charge in [0.25, 0.3) is 0 Å². The minimum atomic E-state index is -0.0717. The normalized spacial score (nSPS) is 21.1. The van der Waals surface area contributed by atoms with Gasteiger partial charge in [-0.2, -0.15) is 0 Å². The molecule has 1 aromatic rings. The Bertz CT molecular complexity index is 402. The molecule has 1 heterocycles. The Kier molecular flexibility index (Phi) is 5.99. The molecule has 2 unspecified atom stereocenters. The van der Waals surface area contributed by atoms with Crippen LogP contribution in [0.1, 0.15) is 38.7 Å². The Hall–Kier alpha value is -0.930. The van der Waals surface area contributed by atoms with Crippen LogP contribution in [0.2, 0.25) is 0 Å². The van der Waals surface area contributed by atoms with E-state index in [0.29, 0.717) is 12.1 Å². The highest BCUT2D eigenvalue weighted by atomic mass is 19.1. The van der Waals surface area contributed by atoms with Crippen molar-refractivity contribution in [3.8, 4) is 0 Å². The molecule has 0 bridgehead atoms. The van der Waals surface area contributed by atoms with Gasteiger partial charge in [-0.15, -0.1) is 0 Å². The van der Waals surface area contributed by atoms with Crippen molar-refractivity contribution in [3.63, 3.8) is 0 Å². The molecule has 0 aliphatic carbocycles. The summed E-state index contributed by atoms with van der Waals surface area (Å²) < 4.78 is 13.8. The number of benzene rings is 1. The molecule has 20 heavy (non-hydrogen) atoms. The predicted molar refractivity (Wildman–Crippen MR) is 82.5 cm³/mol. The van der Waals surface area contributed by atoms with Gasteiger partial charge < -0.3 is 5.32 Å². The van der Waals surface area contributed by atoms with Gasteiger partial charge in [0, 0.05) is 18.6 Å². The number of piperidine rings is 1. The van der Waals surface area contributed by atoms with Crippen molar-refractivity contribution in [2.75, 3.05) is 19.6 Å². The second-order valence-corrected chi connectivity index (χ2v) is 5.88. The summed E-state index contributed by atoms with van der Waals surface area (Å²) in [5, 5.41) is 3.49. The lowest BCUT2D eigenvalue weighted by Crippen LogP contribution is -2.50. The summed E-state index contributed by atoms with van der Waals surface area (Å²) in [6.07, 6.45) is 4.45. The molecule has 0 saturated carbocycles. The predicted octanol–water partition coefficient (Wildman–Crippen LogP) is 3.22. The largest absolute Gasteiger partial charge is 0.315 e. The second kappa shape index (κ2) is 7.75. The summed E-state index contributed by atoms with van der Waals surface area (Å²) in [5.74, 6) is -0.0717. The van der Waals surface area contributed by atoms with Crippen LogP contribution < -0.4 is 5.32 Å². The van der Waals surface area contributed by atoms with Gasteiger partial charge in [0.2, 0.25) is 0 Å². The summed E-state index contributed by atoms with van der Waals surface area (Å²) in [7, 11) is 0. The lowest BCUT2D eigenvalue weighted by molar-refractivity contribution is 0.119. The lowest BCUT2D eigenvalue weighted by atomic mass is 9.99. The Morgan fingerprint density at radius 2 is 2.20 bits per heavy atom. The van der Waals surface area contributed by atoms with E-state index in [0.717, 1.165) is 38.0 Å². The molecule has 0 amide bonds. The van der Waals surface area contributed by atoms with E-state index in [2.05, 4.69) is 24.1 Å². The fourth-order valence-electron chi connectivity index (χ4n) is 3.24. The van der Waals surface area contributed by atoms with Gasteiger partial charge in [-0.1, -0.05) is 25.1 Å². The first-order valence-electron chi connectivity index (χ1n) is 7.92. The first-order chi connectivity index (χ1) is 9.72. The summed E-state index contributed by atoms with van der Waals surface area (Å²) in [6.45, 7) is 7.76. The molecule has 0 radical (unpaired) electrons. The molecule has 3 heteroatoms. The SMILES string of the molecule is CCCN(C(C)Cc1ccccc1F)C1CCCNC1. The molecule has 2 nitrogen and oxygen atoms in total. The number of nitrogens with zero attached hydrogens (tertiary/aromatic N) is 1. The van der Waals surface area contributed by atoms with Crippen LogP contribution in [0.4, 0.5) is 4.39 Å². The average molecular weight is 278 g/mol. The van der Waals surface area contributed by atoms with Gasteiger partial charge in [-0.05, 0) is 57.3 Å². The van der Waals surface area contributed by atoms with Crippen molar-refractivity contribution in [3.05, 3.63) is 35.6 Å². The van der Waals surface area contributed by atoms with E-state index in [1.54, 1.807) is 12.1 Å². The average Bonchev–Trinajstić information content (AvgIpc) is 2.48. The van der Waals surface area contributed by atoms with E-state index in [9.17, 15) is 4.39 Å². The number of rotatable bonds is 6. The van der Waals surface area contributed by atoms with Crippen LogP contribution in [0.25, 0.3) is 0 Å². The van der Waals surface area contributed by atoms with Gasteiger partial charge in [-0.25, -0.2) is 4.39 Å². The lowest BCUT2D eigenvalue weighted by Gasteiger charge is -2.39. The Morgan fingerprint density at radius 1 is 1.40 bits per heavy atom. The topological polar surface area (TPSA) is 15.3 Å². The zero-order chi connectivity index (χ0) is 14.4. The Morgan fingerprint density at radius 3 is 2.85 bits per heavy atom. The maximum atomic E-state index is 13.8.